The number of rotatable bonds is 2. The molecule has 1 fully saturated rings. The monoisotopic (exact) mass is 275 g/mol. The van der Waals surface area contributed by atoms with Gasteiger partial charge in [0, 0.05) is 24.8 Å². The molecule has 0 bridgehead atoms. The number of nitrogens with zero attached hydrogens (tertiary/aromatic N) is 5. The van der Waals surface area contributed by atoms with Crippen LogP contribution >= 0.6 is 0 Å². The molecule has 0 amide bonds. The highest BCUT2D eigenvalue weighted by atomic mass is 16.5. The van der Waals surface area contributed by atoms with Crippen LogP contribution in [-0.4, -0.2) is 45.8 Å². The van der Waals surface area contributed by atoms with Gasteiger partial charge in [-0.25, -0.2) is 4.98 Å². The second kappa shape index (κ2) is 5.07. The lowest BCUT2D eigenvalue weighted by atomic mass is 9.98. The summed E-state index contributed by atoms with van der Waals surface area (Å²) < 4.78 is 6.57. The molecular weight excluding hydrogens is 258 g/mol. The number of hydrogen-bond acceptors (Lipinski definition) is 6. The highest BCUT2D eigenvalue weighted by molar-refractivity contribution is 5.73. The summed E-state index contributed by atoms with van der Waals surface area (Å²) in [6.07, 6.45) is 3.32. The van der Waals surface area contributed by atoms with E-state index in [9.17, 15) is 4.79 Å². The van der Waals surface area contributed by atoms with Crippen LogP contribution in [0.15, 0.2) is 12.4 Å². The number of methoxy groups -OCH3 is 1. The van der Waals surface area contributed by atoms with Gasteiger partial charge < -0.3 is 9.64 Å². The van der Waals surface area contributed by atoms with E-state index in [-0.39, 0.29) is 11.9 Å². The molecule has 0 aromatic carbocycles. The van der Waals surface area contributed by atoms with Crippen LogP contribution in [0.3, 0.4) is 0 Å². The van der Waals surface area contributed by atoms with Crippen molar-refractivity contribution in [3.8, 4) is 0 Å². The van der Waals surface area contributed by atoms with Gasteiger partial charge in [-0.1, -0.05) is 0 Å². The summed E-state index contributed by atoms with van der Waals surface area (Å²) in [4.78, 5) is 22.3. The van der Waals surface area contributed by atoms with Crippen LogP contribution in [-0.2, 0) is 9.53 Å². The van der Waals surface area contributed by atoms with Crippen LogP contribution < -0.4 is 4.90 Å². The third kappa shape index (κ3) is 2.19. The first-order valence-corrected chi connectivity index (χ1v) is 6.69. The van der Waals surface area contributed by atoms with Crippen molar-refractivity contribution in [2.45, 2.75) is 19.8 Å². The van der Waals surface area contributed by atoms with E-state index in [2.05, 4.69) is 20.0 Å². The maximum atomic E-state index is 11.7. The van der Waals surface area contributed by atoms with Gasteiger partial charge in [0.2, 0.25) is 0 Å². The van der Waals surface area contributed by atoms with Gasteiger partial charge in [-0.05, 0) is 19.8 Å². The quantitative estimate of drug-likeness (QED) is 0.756. The molecule has 0 aliphatic carbocycles. The lowest BCUT2D eigenvalue weighted by molar-refractivity contribution is -0.145. The summed E-state index contributed by atoms with van der Waals surface area (Å²) in [6.45, 7) is 3.47. The molecule has 1 saturated heterocycles. The molecule has 0 spiro atoms. The number of carbonyl (C=O) groups is 1. The standard InChI is InChI=1S/C13H17N5O2/c1-9-6-11(18-13(16-9)14-8-15-18)17-5-3-4-10(7-17)12(19)20-2/h6,8,10H,3-5,7H2,1-2H3. The first-order chi connectivity index (χ1) is 9.69. The van der Waals surface area contributed by atoms with Crippen LogP contribution in [0.1, 0.15) is 18.5 Å². The van der Waals surface area contributed by atoms with Crippen molar-refractivity contribution in [1.82, 2.24) is 19.6 Å². The number of esters is 1. The lowest BCUT2D eigenvalue weighted by Crippen LogP contribution is -2.40. The molecule has 20 heavy (non-hydrogen) atoms. The third-order valence-electron chi connectivity index (χ3n) is 3.64. The zero-order valence-corrected chi connectivity index (χ0v) is 11.6. The van der Waals surface area contributed by atoms with Gasteiger partial charge in [-0.15, -0.1) is 0 Å². The maximum Gasteiger partial charge on any atom is 0.310 e. The Bertz CT molecular complexity index is 639. The summed E-state index contributed by atoms with van der Waals surface area (Å²) in [7, 11) is 1.44. The van der Waals surface area contributed by atoms with E-state index in [1.165, 1.54) is 13.4 Å². The average molecular weight is 275 g/mol. The molecule has 7 heteroatoms. The Hall–Kier alpha value is -2.18. The third-order valence-corrected chi connectivity index (χ3v) is 3.64. The molecule has 3 heterocycles. The maximum absolute atomic E-state index is 11.7. The number of hydrogen-bond donors (Lipinski definition) is 0. The number of carbonyl (C=O) groups excluding carboxylic acids is 1. The Morgan fingerprint density at radius 3 is 3.15 bits per heavy atom. The Labute approximate surface area is 116 Å². The number of ether oxygens (including phenoxy) is 1. The van der Waals surface area contributed by atoms with Gasteiger partial charge in [-0.2, -0.15) is 14.6 Å². The van der Waals surface area contributed by atoms with Crippen LogP contribution in [0.4, 0.5) is 5.82 Å². The second-order valence-electron chi connectivity index (χ2n) is 5.04. The SMILES string of the molecule is COC(=O)C1CCCN(c2cc(C)nc3ncnn23)C1. The molecule has 1 unspecified atom stereocenters. The minimum atomic E-state index is -0.143. The van der Waals surface area contributed by atoms with Crippen LogP contribution in [0.25, 0.3) is 5.78 Å². The molecular formula is C13H17N5O2. The fourth-order valence-corrected chi connectivity index (χ4v) is 2.68. The van der Waals surface area contributed by atoms with E-state index in [0.29, 0.717) is 12.3 Å². The fourth-order valence-electron chi connectivity index (χ4n) is 2.68. The molecule has 1 aliphatic heterocycles. The van der Waals surface area contributed by atoms with Gasteiger partial charge in [0.15, 0.2) is 0 Å². The van der Waals surface area contributed by atoms with Gasteiger partial charge >= 0.3 is 5.97 Å². The van der Waals surface area contributed by atoms with Crippen molar-refractivity contribution in [3.05, 3.63) is 18.1 Å². The molecule has 0 N–H and O–H groups in total. The van der Waals surface area contributed by atoms with Crippen molar-refractivity contribution in [2.75, 3.05) is 25.1 Å². The van der Waals surface area contributed by atoms with E-state index in [1.54, 1.807) is 4.52 Å². The smallest absolute Gasteiger partial charge is 0.310 e. The van der Waals surface area contributed by atoms with E-state index in [1.807, 2.05) is 13.0 Å². The van der Waals surface area contributed by atoms with Crippen molar-refractivity contribution in [2.24, 2.45) is 5.92 Å². The van der Waals surface area contributed by atoms with Crippen LogP contribution in [0.2, 0.25) is 0 Å². The molecule has 7 nitrogen and oxygen atoms in total. The molecule has 2 aromatic heterocycles. The predicted molar refractivity (Wildman–Crippen MR) is 72.5 cm³/mol. The van der Waals surface area contributed by atoms with E-state index in [0.717, 1.165) is 30.9 Å². The first kappa shape index (κ1) is 12.8. The zero-order valence-electron chi connectivity index (χ0n) is 11.6. The van der Waals surface area contributed by atoms with Crippen LogP contribution in [0.5, 0.6) is 0 Å². The number of aromatic nitrogens is 4. The molecule has 0 radical (unpaired) electrons. The molecule has 1 atom stereocenters. The zero-order chi connectivity index (χ0) is 14.1. The Morgan fingerprint density at radius 1 is 1.50 bits per heavy atom. The summed E-state index contributed by atoms with van der Waals surface area (Å²) >= 11 is 0. The Kier molecular flexibility index (Phi) is 3.25. The molecule has 0 saturated carbocycles. The molecule has 3 rings (SSSR count). The molecule has 2 aromatic rings. The Morgan fingerprint density at radius 2 is 2.35 bits per heavy atom. The molecule has 1 aliphatic rings. The second-order valence-corrected chi connectivity index (χ2v) is 5.04. The van der Waals surface area contributed by atoms with Crippen molar-refractivity contribution >= 4 is 17.6 Å². The van der Waals surface area contributed by atoms with E-state index < -0.39 is 0 Å². The van der Waals surface area contributed by atoms with Crippen molar-refractivity contribution in [3.63, 3.8) is 0 Å². The number of fused-ring (bicyclic) bond motifs is 1. The first-order valence-electron chi connectivity index (χ1n) is 6.69. The number of piperidine rings is 1. The van der Waals surface area contributed by atoms with Gasteiger partial charge in [0.1, 0.15) is 12.1 Å². The van der Waals surface area contributed by atoms with Gasteiger partial charge in [-0.3, -0.25) is 4.79 Å². The minimum Gasteiger partial charge on any atom is -0.469 e. The summed E-state index contributed by atoms with van der Waals surface area (Å²) in [5.41, 5.74) is 0.890. The van der Waals surface area contributed by atoms with Crippen molar-refractivity contribution < 1.29 is 9.53 Å². The highest BCUT2D eigenvalue weighted by Gasteiger charge is 2.28. The lowest BCUT2D eigenvalue weighted by Gasteiger charge is -2.32. The van der Waals surface area contributed by atoms with E-state index >= 15 is 0 Å². The van der Waals surface area contributed by atoms with Gasteiger partial charge in [0.05, 0.1) is 13.0 Å². The highest BCUT2D eigenvalue weighted by Crippen LogP contribution is 2.24. The van der Waals surface area contributed by atoms with E-state index in [4.69, 9.17) is 4.74 Å². The normalized spacial score (nSPS) is 19.3. The fraction of sp³-hybridized carbons (Fsp3) is 0.538. The topological polar surface area (TPSA) is 72.6 Å². The number of aryl methyl sites for hydroxylation is 1. The van der Waals surface area contributed by atoms with Crippen LogP contribution in [0, 0.1) is 12.8 Å². The molecule has 106 valence electrons. The van der Waals surface area contributed by atoms with Gasteiger partial charge in [0.25, 0.3) is 5.78 Å². The predicted octanol–water partition coefficient (Wildman–Crippen LogP) is 0.822. The van der Waals surface area contributed by atoms with Crippen molar-refractivity contribution in [1.29, 1.82) is 0 Å². The Balaban J connectivity index is 1.94. The summed E-state index contributed by atoms with van der Waals surface area (Å²) in [6, 6.07) is 1.97. The summed E-state index contributed by atoms with van der Waals surface area (Å²) in [5, 5.41) is 4.21. The summed E-state index contributed by atoms with van der Waals surface area (Å²) in [5.74, 6) is 1.29. The number of anilines is 1. The largest absolute Gasteiger partial charge is 0.469 e. The minimum absolute atomic E-state index is 0.0826. The average Bonchev–Trinajstić information content (AvgIpc) is 2.93.